The van der Waals surface area contributed by atoms with E-state index in [1.54, 1.807) is 17.7 Å². The Labute approximate surface area is 117 Å². The molecule has 2 rings (SSSR count). The lowest BCUT2D eigenvalue weighted by molar-refractivity contribution is -0.144. The number of carbonyl (C=O) groups is 2. The minimum atomic E-state index is -0.721. The lowest BCUT2D eigenvalue weighted by Gasteiger charge is -2.09. The molecule has 0 unspecified atom stereocenters. The van der Waals surface area contributed by atoms with E-state index in [1.807, 2.05) is 24.3 Å². The molecule has 0 spiro atoms. The zero-order valence-electron chi connectivity index (χ0n) is 11.6. The van der Waals surface area contributed by atoms with Crippen LogP contribution in [0, 0.1) is 0 Å². The highest BCUT2D eigenvalue weighted by Crippen LogP contribution is 2.22. The smallest absolute Gasteiger partial charge is 0.323 e. The highest BCUT2D eigenvalue weighted by atomic mass is 16.5. The van der Waals surface area contributed by atoms with Crippen molar-refractivity contribution in [2.24, 2.45) is 5.73 Å². The molecule has 0 bridgehead atoms. The Morgan fingerprint density at radius 1 is 1.35 bits per heavy atom. The Bertz CT molecular complexity index is 646. The number of hydrogen-bond donors (Lipinski definition) is 1. The number of carbonyl (C=O) groups excluding carboxylic acids is 2. The molecule has 2 aromatic rings. The topological polar surface area (TPSA) is 74.3 Å². The zero-order valence-corrected chi connectivity index (χ0v) is 11.6. The Morgan fingerprint density at radius 3 is 2.70 bits per heavy atom. The Kier molecular flexibility index (Phi) is 4.20. The molecule has 5 nitrogen and oxygen atoms in total. The summed E-state index contributed by atoms with van der Waals surface area (Å²) in [5.74, 6) is -0.496. The van der Waals surface area contributed by atoms with E-state index in [4.69, 9.17) is 10.5 Å². The standard InChI is InChI=1S/C15H18N2O3/c1-3-20-15(19)13(16)8-11-9-17(10(2)18)14-7-5-4-6-12(11)14/h4-7,9,13H,3,8,16H2,1-2H3/t13-/m0/s1. The predicted molar refractivity (Wildman–Crippen MR) is 76.6 cm³/mol. The van der Waals surface area contributed by atoms with Crippen molar-refractivity contribution in [2.45, 2.75) is 26.3 Å². The molecule has 0 aliphatic heterocycles. The van der Waals surface area contributed by atoms with E-state index in [9.17, 15) is 9.59 Å². The molecule has 0 aliphatic carbocycles. The monoisotopic (exact) mass is 274 g/mol. The number of esters is 1. The van der Waals surface area contributed by atoms with Crippen LogP contribution in [-0.4, -0.2) is 29.1 Å². The number of ether oxygens (including phenoxy) is 1. The largest absolute Gasteiger partial charge is 0.465 e. The van der Waals surface area contributed by atoms with Crippen LogP contribution in [0.1, 0.15) is 24.2 Å². The summed E-state index contributed by atoms with van der Waals surface area (Å²) in [6.45, 7) is 3.55. The van der Waals surface area contributed by atoms with Crippen LogP contribution in [0.5, 0.6) is 0 Å². The fourth-order valence-electron chi connectivity index (χ4n) is 2.24. The van der Waals surface area contributed by atoms with Gasteiger partial charge in [0.15, 0.2) is 0 Å². The Hall–Kier alpha value is -2.14. The number of rotatable bonds is 4. The highest BCUT2D eigenvalue weighted by Gasteiger charge is 2.18. The maximum atomic E-state index is 11.6. The van der Waals surface area contributed by atoms with E-state index in [0.29, 0.717) is 13.0 Å². The van der Waals surface area contributed by atoms with Gasteiger partial charge in [-0.05, 0) is 18.6 Å². The molecule has 0 fully saturated rings. The fourth-order valence-corrected chi connectivity index (χ4v) is 2.24. The van der Waals surface area contributed by atoms with Gasteiger partial charge in [0.05, 0.1) is 12.1 Å². The summed E-state index contributed by atoms with van der Waals surface area (Å²) in [5, 5.41) is 0.933. The number of aromatic nitrogens is 1. The van der Waals surface area contributed by atoms with Gasteiger partial charge in [0.25, 0.3) is 0 Å². The lowest BCUT2D eigenvalue weighted by atomic mass is 10.1. The molecule has 0 amide bonds. The van der Waals surface area contributed by atoms with E-state index in [2.05, 4.69) is 0 Å². The van der Waals surface area contributed by atoms with Crippen molar-refractivity contribution in [2.75, 3.05) is 6.61 Å². The van der Waals surface area contributed by atoms with Crippen LogP contribution in [0.15, 0.2) is 30.5 Å². The SMILES string of the molecule is CCOC(=O)[C@@H](N)Cc1cn(C(C)=O)c2ccccc12. The molecule has 1 atom stereocenters. The van der Waals surface area contributed by atoms with E-state index in [0.717, 1.165) is 16.5 Å². The van der Waals surface area contributed by atoms with Crippen molar-refractivity contribution in [3.8, 4) is 0 Å². The van der Waals surface area contributed by atoms with Gasteiger partial charge in [-0.1, -0.05) is 18.2 Å². The average Bonchev–Trinajstić information content (AvgIpc) is 2.78. The number of benzene rings is 1. The van der Waals surface area contributed by atoms with Gasteiger partial charge < -0.3 is 10.5 Å². The van der Waals surface area contributed by atoms with Gasteiger partial charge in [0.1, 0.15) is 6.04 Å². The first kappa shape index (κ1) is 14.3. The molecule has 5 heteroatoms. The molecular formula is C15H18N2O3. The molecule has 0 saturated heterocycles. The molecular weight excluding hydrogens is 256 g/mol. The van der Waals surface area contributed by atoms with Gasteiger partial charge in [-0.15, -0.1) is 0 Å². The van der Waals surface area contributed by atoms with Crippen molar-refractivity contribution < 1.29 is 14.3 Å². The van der Waals surface area contributed by atoms with Gasteiger partial charge >= 0.3 is 5.97 Å². The summed E-state index contributed by atoms with van der Waals surface area (Å²) in [5.41, 5.74) is 7.54. The van der Waals surface area contributed by atoms with Gasteiger partial charge in [0, 0.05) is 24.9 Å². The van der Waals surface area contributed by atoms with Crippen LogP contribution in [0.4, 0.5) is 0 Å². The number of nitrogens with zero attached hydrogens (tertiary/aromatic N) is 1. The summed E-state index contributed by atoms with van der Waals surface area (Å²) < 4.78 is 6.48. The summed E-state index contributed by atoms with van der Waals surface area (Å²) in [6.07, 6.45) is 2.09. The van der Waals surface area contributed by atoms with Crippen LogP contribution in [-0.2, 0) is 16.0 Å². The first-order valence-electron chi connectivity index (χ1n) is 6.56. The number of nitrogens with two attached hydrogens (primary N) is 1. The van der Waals surface area contributed by atoms with Crippen molar-refractivity contribution in [1.82, 2.24) is 4.57 Å². The molecule has 0 saturated carbocycles. The molecule has 1 aromatic carbocycles. The lowest BCUT2D eigenvalue weighted by Crippen LogP contribution is -2.34. The Morgan fingerprint density at radius 2 is 2.05 bits per heavy atom. The second-order valence-electron chi connectivity index (χ2n) is 4.62. The summed E-state index contributed by atoms with van der Waals surface area (Å²) in [6, 6.07) is 6.84. The van der Waals surface area contributed by atoms with Crippen LogP contribution in [0.3, 0.4) is 0 Å². The second-order valence-corrected chi connectivity index (χ2v) is 4.62. The molecule has 1 heterocycles. The summed E-state index contributed by atoms with van der Waals surface area (Å²) in [4.78, 5) is 23.2. The van der Waals surface area contributed by atoms with Crippen molar-refractivity contribution in [3.05, 3.63) is 36.0 Å². The van der Waals surface area contributed by atoms with E-state index >= 15 is 0 Å². The molecule has 20 heavy (non-hydrogen) atoms. The van der Waals surface area contributed by atoms with Crippen LogP contribution in [0.2, 0.25) is 0 Å². The maximum absolute atomic E-state index is 11.6. The van der Waals surface area contributed by atoms with Gasteiger partial charge in [-0.3, -0.25) is 14.2 Å². The third-order valence-corrected chi connectivity index (χ3v) is 3.16. The molecule has 1 aromatic heterocycles. The molecule has 0 aliphatic rings. The number of para-hydroxylation sites is 1. The van der Waals surface area contributed by atoms with Gasteiger partial charge in [-0.25, -0.2) is 0 Å². The number of fused-ring (bicyclic) bond motifs is 1. The minimum Gasteiger partial charge on any atom is -0.465 e. The Balaban J connectivity index is 2.35. The van der Waals surface area contributed by atoms with E-state index < -0.39 is 12.0 Å². The maximum Gasteiger partial charge on any atom is 0.323 e. The van der Waals surface area contributed by atoms with Crippen molar-refractivity contribution in [1.29, 1.82) is 0 Å². The molecule has 0 radical (unpaired) electrons. The zero-order chi connectivity index (χ0) is 14.7. The second kappa shape index (κ2) is 5.88. The van der Waals surface area contributed by atoms with Gasteiger partial charge in [0.2, 0.25) is 5.91 Å². The van der Waals surface area contributed by atoms with Gasteiger partial charge in [-0.2, -0.15) is 0 Å². The summed E-state index contributed by atoms with van der Waals surface area (Å²) >= 11 is 0. The average molecular weight is 274 g/mol. The fraction of sp³-hybridized carbons (Fsp3) is 0.333. The van der Waals surface area contributed by atoms with E-state index in [-0.39, 0.29) is 5.91 Å². The quantitative estimate of drug-likeness (QED) is 0.862. The molecule has 2 N–H and O–H groups in total. The normalized spacial score (nSPS) is 12.3. The van der Waals surface area contributed by atoms with Crippen molar-refractivity contribution >= 4 is 22.8 Å². The number of hydrogen-bond acceptors (Lipinski definition) is 4. The van der Waals surface area contributed by atoms with Crippen LogP contribution in [0.25, 0.3) is 10.9 Å². The third kappa shape index (κ3) is 2.72. The van der Waals surface area contributed by atoms with Crippen LogP contribution >= 0.6 is 0 Å². The first-order valence-corrected chi connectivity index (χ1v) is 6.56. The predicted octanol–water partition coefficient (Wildman–Crippen LogP) is 1.73. The third-order valence-electron chi connectivity index (χ3n) is 3.16. The van der Waals surface area contributed by atoms with E-state index in [1.165, 1.54) is 6.92 Å². The first-order chi connectivity index (χ1) is 9.54. The minimum absolute atomic E-state index is 0.0721. The van der Waals surface area contributed by atoms with Crippen LogP contribution < -0.4 is 5.73 Å². The summed E-state index contributed by atoms with van der Waals surface area (Å²) in [7, 11) is 0. The van der Waals surface area contributed by atoms with Crippen molar-refractivity contribution in [3.63, 3.8) is 0 Å². The molecule has 106 valence electrons. The highest BCUT2D eigenvalue weighted by molar-refractivity contribution is 5.94.